The maximum atomic E-state index is 5.77. The lowest BCUT2D eigenvalue weighted by atomic mass is 10.1. The van der Waals surface area contributed by atoms with Crippen molar-refractivity contribution in [1.29, 1.82) is 0 Å². The van der Waals surface area contributed by atoms with Gasteiger partial charge in [-0.1, -0.05) is 32.6 Å². The topological polar surface area (TPSA) is 26.0 Å². The van der Waals surface area contributed by atoms with Crippen LogP contribution in [0.25, 0.3) is 0 Å². The van der Waals surface area contributed by atoms with Crippen LogP contribution in [0.5, 0.6) is 0 Å². The molecule has 1 aromatic carbocycles. The molecule has 0 heterocycles. The molecule has 0 saturated carbocycles. The van der Waals surface area contributed by atoms with Crippen molar-refractivity contribution in [1.82, 2.24) is 0 Å². The van der Waals surface area contributed by atoms with Crippen LogP contribution in [0.2, 0.25) is 0 Å². The minimum atomic E-state index is 0.404. The van der Waals surface area contributed by atoms with Crippen molar-refractivity contribution in [3.63, 3.8) is 0 Å². The van der Waals surface area contributed by atoms with E-state index < -0.39 is 0 Å². The molecule has 1 nitrogen and oxygen atoms in total. The SMILES string of the molecule is CCc1cc(N)cc(C#CC(C)C)c1. The van der Waals surface area contributed by atoms with Crippen molar-refractivity contribution in [2.45, 2.75) is 27.2 Å². The average Bonchev–Trinajstić information content (AvgIpc) is 2.14. The van der Waals surface area contributed by atoms with E-state index in [1.165, 1.54) is 5.56 Å². The molecule has 0 spiro atoms. The van der Waals surface area contributed by atoms with Gasteiger partial charge in [-0.15, -0.1) is 0 Å². The van der Waals surface area contributed by atoms with Gasteiger partial charge >= 0.3 is 0 Å². The van der Waals surface area contributed by atoms with E-state index in [0.717, 1.165) is 17.7 Å². The van der Waals surface area contributed by atoms with Gasteiger partial charge in [0.2, 0.25) is 0 Å². The normalized spacial score (nSPS) is 9.71. The van der Waals surface area contributed by atoms with E-state index in [1.807, 2.05) is 12.1 Å². The van der Waals surface area contributed by atoms with Gasteiger partial charge in [-0.3, -0.25) is 0 Å². The van der Waals surface area contributed by atoms with Crippen LogP contribution in [0, 0.1) is 17.8 Å². The van der Waals surface area contributed by atoms with Crippen molar-refractivity contribution in [3.8, 4) is 11.8 Å². The molecule has 1 heteroatoms. The number of nitrogen functional groups attached to an aromatic ring is 1. The molecule has 74 valence electrons. The van der Waals surface area contributed by atoms with Gasteiger partial charge in [0, 0.05) is 17.2 Å². The lowest BCUT2D eigenvalue weighted by molar-refractivity contribution is 0.866. The summed E-state index contributed by atoms with van der Waals surface area (Å²) >= 11 is 0. The molecular weight excluding hydrogens is 170 g/mol. The fourth-order valence-electron chi connectivity index (χ4n) is 1.22. The van der Waals surface area contributed by atoms with E-state index in [4.69, 9.17) is 5.73 Å². The number of hydrogen-bond acceptors (Lipinski definition) is 1. The van der Waals surface area contributed by atoms with E-state index in [0.29, 0.717) is 5.92 Å². The molecule has 14 heavy (non-hydrogen) atoms. The fourth-order valence-corrected chi connectivity index (χ4v) is 1.22. The van der Waals surface area contributed by atoms with Gasteiger partial charge in [-0.05, 0) is 30.2 Å². The molecule has 0 atom stereocenters. The van der Waals surface area contributed by atoms with Crippen LogP contribution in [0.1, 0.15) is 31.9 Å². The van der Waals surface area contributed by atoms with Crippen LogP contribution in [0.3, 0.4) is 0 Å². The molecular formula is C13H17N. The molecule has 0 fully saturated rings. The zero-order chi connectivity index (χ0) is 10.6. The highest BCUT2D eigenvalue weighted by Crippen LogP contribution is 2.11. The molecule has 0 bridgehead atoms. The third-order valence-corrected chi connectivity index (χ3v) is 1.93. The van der Waals surface area contributed by atoms with Crippen molar-refractivity contribution in [3.05, 3.63) is 29.3 Å². The molecule has 0 aliphatic rings. The minimum absolute atomic E-state index is 0.404. The Morgan fingerprint density at radius 2 is 2.00 bits per heavy atom. The van der Waals surface area contributed by atoms with Crippen molar-refractivity contribution in [2.75, 3.05) is 5.73 Å². The Balaban J connectivity index is 2.99. The zero-order valence-corrected chi connectivity index (χ0v) is 9.09. The number of aryl methyl sites for hydroxylation is 1. The third-order valence-electron chi connectivity index (χ3n) is 1.93. The Bertz CT molecular complexity index is 367. The van der Waals surface area contributed by atoms with E-state index in [-0.39, 0.29) is 0 Å². The number of benzene rings is 1. The highest BCUT2D eigenvalue weighted by molar-refractivity contribution is 5.50. The Labute approximate surface area is 86.3 Å². The Hall–Kier alpha value is -1.42. The highest BCUT2D eigenvalue weighted by atomic mass is 14.5. The molecule has 1 rings (SSSR count). The average molecular weight is 187 g/mol. The predicted molar refractivity (Wildman–Crippen MR) is 61.9 cm³/mol. The van der Waals surface area contributed by atoms with Crippen LogP contribution in [-0.2, 0) is 6.42 Å². The Morgan fingerprint density at radius 3 is 2.57 bits per heavy atom. The number of hydrogen-bond donors (Lipinski definition) is 1. The second kappa shape index (κ2) is 4.72. The predicted octanol–water partition coefficient (Wildman–Crippen LogP) is 2.84. The minimum Gasteiger partial charge on any atom is -0.399 e. The smallest absolute Gasteiger partial charge is 0.0329 e. The first kappa shape index (κ1) is 10.7. The largest absolute Gasteiger partial charge is 0.399 e. The summed E-state index contributed by atoms with van der Waals surface area (Å²) in [6.07, 6.45) is 1.00. The Kier molecular flexibility index (Phi) is 3.59. The van der Waals surface area contributed by atoms with E-state index in [9.17, 15) is 0 Å². The second-order valence-electron chi connectivity index (χ2n) is 3.74. The summed E-state index contributed by atoms with van der Waals surface area (Å²) in [4.78, 5) is 0. The van der Waals surface area contributed by atoms with Crippen molar-refractivity contribution in [2.24, 2.45) is 5.92 Å². The second-order valence-corrected chi connectivity index (χ2v) is 3.74. The molecule has 0 saturated heterocycles. The van der Waals surface area contributed by atoms with Crippen LogP contribution in [0.15, 0.2) is 18.2 Å². The van der Waals surface area contributed by atoms with Crippen LogP contribution in [-0.4, -0.2) is 0 Å². The van der Waals surface area contributed by atoms with Crippen LogP contribution >= 0.6 is 0 Å². The lowest BCUT2D eigenvalue weighted by Crippen LogP contribution is -1.90. The van der Waals surface area contributed by atoms with E-state index >= 15 is 0 Å². The van der Waals surface area contributed by atoms with Gasteiger partial charge in [0.25, 0.3) is 0 Å². The van der Waals surface area contributed by atoms with Gasteiger partial charge in [0.1, 0.15) is 0 Å². The summed E-state index contributed by atoms with van der Waals surface area (Å²) in [5, 5.41) is 0. The molecule has 0 unspecified atom stereocenters. The standard InChI is InChI=1S/C13H17N/c1-4-11-7-12(6-5-10(2)3)9-13(14)8-11/h7-10H,4,14H2,1-3H3. The van der Waals surface area contributed by atoms with Crippen LogP contribution < -0.4 is 5.73 Å². The van der Waals surface area contributed by atoms with Gasteiger partial charge in [-0.2, -0.15) is 0 Å². The summed E-state index contributed by atoms with van der Waals surface area (Å²) in [6.45, 7) is 6.29. The number of rotatable bonds is 1. The summed E-state index contributed by atoms with van der Waals surface area (Å²) in [6, 6.07) is 6.03. The van der Waals surface area contributed by atoms with E-state index in [2.05, 4.69) is 38.7 Å². The maximum absolute atomic E-state index is 5.77. The molecule has 0 radical (unpaired) electrons. The first-order valence-electron chi connectivity index (χ1n) is 5.02. The summed E-state index contributed by atoms with van der Waals surface area (Å²) in [5.41, 5.74) is 8.85. The molecule has 0 amide bonds. The quantitative estimate of drug-likeness (QED) is 0.531. The van der Waals surface area contributed by atoms with Crippen molar-refractivity contribution < 1.29 is 0 Å². The molecule has 0 aromatic heterocycles. The molecule has 1 aromatic rings. The lowest BCUT2D eigenvalue weighted by Gasteiger charge is -2.00. The fraction of sp³-hybridized carbons (Fsp3) is 0.385. The monoisotopic (exact) mass is 187 g/mol. The van der Waals surface area contributed by atoms with Gasteiger partial charge in [-0.25, -0.2) is 0 Å². The highest BCUT2D eigenvalue weighted by Gasteiger charge is 1.94. The van der Waals surface area contributed by atoms with E-state index in [1.54, 1.807) is 0 Å². The van der Waals surface area contributed by atoms with Gasteiger partial charge in [0.05, 0.1) is 0 Å². The summed E-state index contributed by atoms with van der Waals surface area (Å²) in [5.74, 6) is 6.67. The third kappa shape index (κ3) is 3.14. The first-order valence-corrected chi connectivity index (χ1v) is 5.02. The molecule has 0 aliphatic heterocycles. The summed E-state index contributed by atoms with van der Waals surface area (Å²) < 4.78 is 0. The number of nitrogens with two attached hydrogens (primary N) is 1. The maximum Gasteiger partial charge on any atom is 0.0329 e. The Morgan fingerprint density at radius 1 is 1.29 bits per heavy atom. The van der Waals surface area contributed by atoms with Gasteiger partial charge < -0.3 is 5.73 Å². The van der Waals surface area contributed by atoms with Gasteiger partial charge in [0.15, 0.2) is 0 Å². The first-order chi connectivity index (χ1) is 6.61. The number of anilines is 1. The molecule has 2 N–H and O–H groups in total. The zero-order valence-electron chi connectivity index (χ0n) is 9.09. The van der Waals surface area contributed by atoms with Crippen molar-refractivity contribution >= 4 is 5.69 Å². The summed E-state index contributed by atoms with van der Waals surface area (Å²) in [7, 11) is 0. The van der Waals surface area contributed by atoms with Crippen LogP contribution in [0.4, 0.5) is 5.69 Å². The molecule has 0 aliphatic carbocycles.